The van der Waals surface area contributed by atoms with E-state index in [0.29, 0.717) is 16.5 Å². The molecule has 3 aromatic rings. The zero-order valence-electron chi connectivity index (χ0n) is 17.6. The van der Waals surface area contributed by atoms with Crippen molar-refractivity contribution in [1.29, 1.82) is 0 Å². The average molecular weight is 441 g/mol. The number of hydrogen-bond acceptors (Lipinski definition) is 7. The van der Waals surface area contributed by atoms with Crippen LogP contribution in [0.3, 0.4) is 0 Å². The van der Waals surface area contributed by atoms with Gasteiger partial charge in [0.2, 0.25) is 11.7 Å². The smallest absolute Gasteiger partial charge is 0.340 e. The SMILES string of the molecule is CC(=O)Oc1ccc2c(C)c(CC(=O)NCc3ccc(F)cc3)c(=O)oc2c1OC(C)=O. The van der Waals surface area contributed by atoms with E-state index >= 15 is 0 Å². The highest BCUT2D eigenvalue weighted by Crippen LogP contribution is 2.37. The summed E-state index contributed by atoms with van der Waals surface area (Å²) >= 11 is 0. The molecule has 0 fully saturated rings. The average Bonchev–Trinajstić information content (AvgIpc) is 2.72. The molecule has 0 aliphatic rings. The largest absolute Gasteiger partial charge is 0.423 e. The molecule has 0 saturated carbocycles. The Morgan fingerprint density at radius 3 is 2.28 bits per heavy atom. The van der Waals surface area contributed by atoms with Crippen LogP contribution in [0, 0.1) is 12.7 Å². The minimum absolute atomic E-state index is 0.0723. The number of amides is 1. The number of rotatable bonds is 6. The summed E-state index contributed by atoms with van der Waals surface area (Å²) in [4.78, 5) is 47.9. The molecule has 0 bridgehead atoms. The number of esters is 2. The number of aryl methyl sites for hydroxylation is 1. The predicted octanol–water partition coefficient (Wildman–Crippen LogP) is 2.95. The third-order valence-corrected chi connectivity index (χ3v) is 4.61. The van der Waals surface area contributed by atoms with Gasteiger partial charge in [-0.05, 0) is 42.3 Å². The van der Waals surface area contributed by atoms with Crippen LogP contribution in [0.1, 0.15) is 30.5 Å². The Bertz CT molecular complexity index is 1260. The maximum atomic E-state index is 13.0. The molecule has 3 rings (SSSR count). The van der Waals surface area contributed by atoms with Gasteiger partial charge in [-0.2, -0.15) is 0 Å². The van der Waals surface area contributed by atoms with Gasteiger partial charge in [0.15, 0.2) is 11.3 Å². The van der Waals surface area contributed by atoms with E-state index in [1.807, 2.05) is 0 Å². The summed E-state index contributed by atoms with van der Waals surface area (Å²) in [6.45, 7) is 4.13. The van der Waals surface area contributed by atoms with Gasteiger partial charge >= 0.3 is 17.6 Å². The zero-order chi connectivity index (χ0) is 23.4. The topological polar surface area (TPSA) is 112 Å². The standard InChI is InChI=1S/C23H20FNO7/c1-12-17-8-9-19(30-13(2)26)22(31-14(3)27)21(17)32-23(29)18(12)10-20(28)25-11-15-4-6-16(24)7-5-15/h4-9H,10-11H2,1-3H3,(H,25,28). The Labute approximate surface area is 181 Å². The first-order chi connectivity index (χ1) is 15.2. The van der Waals surface area contributed by atoms with E-state index in [-0.39, 0.29) is 41.4 Å². The fourth-order valence-electron chi connectivity index (χ4n) is 3.12. The van der Waals surface area contributed by atoms with Crippen LogP contribution in [-0.4, -0.2) is 17.8 Å². The predicted molar refractivity (Wildman–Crippen MR) is 112 cm³/mol. The van der Waals surface area contributed by atoms with Crippen molar-refractivity contribution < 1.29 is 32.7 Å². The van der Waals surface area contributed by atoms with E-state index in [9.17, 15) is 23.6 Å². The monoisotopic (exact) mass is 441 g/mol. The second-order valence-corrected chi connectivity index (χ2v) is 7.03. The normalized spacial score (nSPS) is 10.6. The van der Waals surface area contributed by atoms with E-state index in [4.69, 9.17) is 13.9 Å². The molecular formula is C23H20FNO7. The fourth-order valence-corrected chi connectivity index (χ4v) is 3.12. The number of hydrogen-bond donors (Lipinski definition) is 1. The number of carbonyl (C=O) groups excluding carboxylic acids is 3. The van der Waals surface area contributed by atoms with E-state index < -0.39 is 23.5 Å². The Balaban J connectivity index is 1.92. The van der Waals surface area contributed by atoms with Crippen LogP contribution in [0.15, 0.2) is 45.6 Å². The first kappa shape index (κ1) is 22.7. The molecule has 0 aliphatic heterocycles. The van der Waals surface area contributed by atoms with E-state index in [2.05, 4.69) is 5.32 Å². The lowest BCUT2D eigenvalue weighted by Crippen LogP contribution is -2.27. The summed E-state index contributed by atoms with van der Waals surface area (Å²) in [5.41, 5.74) is 0.419. The van der Waals surface area contributed by atoms with Crippen molar-refractivity contribution in [1.82, 2.24) is 5.32 Å². The summed E-state index contributed by atoms with van der Waals surface area (Å²) in [6.07, 6.45) is -0.250. The number of carbonyl (C=O) groups is 3. The molecule has 9 heteroatoms. The van der Waals surface area contributed by atoms with Gasteiger partial charge < -0.3 is 19.2 Å². The molecule has 0 spiro atoms. The molecule has 166 valence electrons. The molecule has 1 heterocycles. The van der Waals surface area contributed by atoms with Gasteiger partial charge in [0.25, 0.3) is 0 Å². The maximum Gasteiger partial charge on any atom is 0.340 e. The lowest BCUT2D eigenvalue weighted by atomic mass is 10.0. The molecule has 1 amide bonds. The molecule has 1 aromatic heterocycles. The molecule has 8 nitrogen and oxygen atoms in total. The van der Waals surface area contributed by atoms with Crippen molar-refractivity contribution in [2.45, 2.75) is 33.7 Å². The molecular weight excluding hydrogens is 421 g/mol. The summed E-state index contributed by atoms with van der Waals surface area (Å²) < 4.78 is 28.5. The first-order valence-corrected chi connectivity index (χ1v) is 9.63. The second-order valence-electron chi connectivity index (χ2n) is 7.03. The van der Waals surface area contributed by atoms with Crippen LogP contribution < -0.4 is 20.4 Å². The Morgan fingerprint density at radius 2 is 1.66 bits per heavy atom. The van der Waals surface area contributed by atoms with Gasteiger partial charge in [-0.15, -0.1) is 0 Å². The Hall–Kier alpha value is -4.01. The second kappa shape index (κ2) is 9.42. The minimum atomic E-state index is -0.791. The summed E-state index contributed by atoms with van der Waals surface area (Å²) in [6, 6.07) is 8.61. The highest BCUT2D eigenvalue weighted by molar-refractivity contribution is 5.92. The van der Waals surface area contributed by atoms with Crippen LogP contribution in [0.2, 0.25) is 0 Å². The molecule has 0 atom stereocenters. The summed E-state index contributed by atoms with van der Waals surface area (Å²) in [5.74, 6) is -2.43. The zero-order valence-corrected chi connectivity index (χ0v) is 17.6. The van der Waals surface area contributed by atoms with Crippen LogP contribution in [0.5, 0.6) is 11.5 Å². The van der Waals surface area contributed by atoms with Crippen LogP contribution >= 0.6 is 0 Å². The van der Waals surface area contributed by atoms with Gasteiger partial charge in [0.05, 0.1) is 12.0 Å². The summed E-state index contributed by atoms with van der Waals surface area (Å²) in [5, 5.41) is 3.08. The van der Waals surface area contributed by atoms with Gasteiger partial charge in [-0.3, -0.25) is 14.4 Å². The van der Waals surface area contributed by atoms with Crippen LogP contribution in [0.4, 0.5) is 4.39 Å². The van der Waals surface area contributed by atoms with Crippen molar-refractivity contribution in [3.63, 3.8) is 0 Å². The molecule has 2 aromatic carbocycles. The van der Waals surface area contributed by atoms with Crippen molar-refractivity contribution in [3.8, 4) is 11.5 Å². The van der Waals surface area contributed by atoms with Gasteiger partial charge in [-0.25, -0.2) is 9.18 Å². The third kappa shape index (κ3) is 5.18. The minimum Gasteiger partial charge on any atom is -0.423 e. The van der Waals surface area contributed by atoms with E-state index in [1.165, 1.54) is 25.1 Å². The van der Waals surface area contributed by atoms with Crippen molar-refractivity contribution in [2.24, 2.45) is 0 Å². The van der Waals surface area contributed by atoms with E-state index in [0.717, 1.165) is 6.92 Å². The highest BCUT2D eigenvalue weighted by atomic mass is 19.1. The molecule has 1 N–H and O–H groups in total. The van der Waals surface area contributed by atoms with Crippen molar-refractivity contribution >= 4 is 28.8 Å². The number of halogens is 1. The summed E-state index contributed by atoms with van der Waals surface area (Å²) in [7, 11) is 0. The third-order valence-electron chi connectivity index (χ3n) is 4.61. The Morgan fingerprint density at radius 1 is 1.00 bits per heavy atom. The number of ether oxygens (including phenoxy) is 2. The number of fused-ring (bicyclic) bond motifs is 1. The van der Waals surface area contributed by atoms with Crippen molar-refractivity contribution in [2.75, 3.05) is 0 Å². The molecule has 0 saturated heterocycles. The molecule has 0 radical (unpaired) electrons. The fraction of sp³-hybridized carbons (Fsp3) is 0.217. The maximum absolute atomic E-state index is 13.0. The lowest BCUT2D eigenvalue weighted by Gasteiger charge is -2.13. The van der Waals surface area contributed by atoms with Gasteiger partial charge in [0, 0.05) is 25.8 Å². The van der Waals surface area contributed by atoms with Crippen LogP contribution in [-0.2, 0) is 27.3 Å². The Kier molecular flexibility index (Phi) is 6.67. The molecule has 0 aliphatic carbocycles. The van der Waals surface area contributed by atoms with Gasteiger partial charge in [-0.1, -0.05) is 12.1 Å². The van der Waals surface area contributed by atoms with Gasteiger partial charge in [0.1, 0.15) is 5.82 Å². The first-order valence-electron chi connectivity index (χ1n) is 9.63. The molecule has 32 heavy (non-hydrogen) atoms. The van der Waals surface area contributed by atoms with E-state index in [1.54, 1.807) is 25.1 Å². The van der Waals surface area contributed by atoms with Crippen LogP contribution in [0.25, 0.3) is 11.0 Å². The number of nitrogens with one attached hydrogen (secondary N) is 1. The number of benzene rings is 2. The van der Waals surface area contributed by atoms with Crippen molar-refractivity contribution in [3.05, 3.63) is 69.3 Å². The highest BCUT2D eigenvalue weighted by Gasteiger charge is 2.22. The molecule has 0 unspecified atom stereocenters. The quantitative estimate of drug-likeness (QED) is 0.356. The lowest BCUT2D eigenvalue weighted by molar-refractivity contribution is -0.134.